The van der Waals surface area contributed by atoms with Crippen molar-refractivity contribution < 1.29 is 22.7 Å². The summed E-state index contributed by atoms with van der Waals surface area (Å²) in [6, 6.07) is 0. The molecule has 0 unspecified atom stereocenters. The van der Waals surface area contributed by atoms with E-state index in [-0.39, 0.29) is 56.7 Å². The Morgan fingerprint density at radius 2 is 1.62 bits per heavy atom. The summed E-state index contributed by atoms with van der Waals surface area (Å²) in [4.78, 5) is 26.1. The van der Waals surface area contributed by atoms with E-state index in [1.54, 1.807) is 0 Å². The number of carbonyl (C=O) groups is 2. The number of nitrogens with one attached hydrogen (secondary N) is 1. The number of fused-ring (bicyclic) bond motifs is 7. The molecule has 5 aliphatic carbocycles. The first-order valence-electron chi connectivity index (χ1n) is 14.9. The number of nitrogens with two attached hydrogens (primary N) is 1. The topological polar surface area (TPSA) is 116 Å². The van der Waals surface area contributed by atoms with Gasteiger partial charge in [0.1, 0.15) is 6.10 Å². The predicted octanol–water partition coefficient (Wildman–Crippen LogP) is 5.73. The summed E-state index contributed by atoms with van der Waals surface area (Å²) in [5.74, 6) is 0.566. The monoisotopic (exact) mass is 562 g/mol. The molecule has 0 aromatic carbocycles. The van der Waals surface area contributed by atoms with E-state index in [0.717, 1.165) is 51.4 Å². The van der Waals surface area contributed by atoms with Crippen LogP contribution >= 0.6 is 0 Å². The number of sulfonamides is 1. The molecular formula is C31H50N2O5S. The smallest absolute Gasteiger partial charge is 0.404 e. The normalized spacial score (nSPS) is 49.0. The number of primary amides is 1. The average molecular weight is 563 g/mol. The number of amides is 1. The molecule has 220 valence electrons. The van der Waals surface area contributed by atoms with Gasteiger partial charge in [-0.3, -0.25) is 4.79 Å². The number of ketones is 1. The minimum atomic E-state index is -3.35. The van der Waals surface area contributed by atoms with Crippen LogP contribution in [0.25, 0.3) is 0 Å². The number of allylic oxidation sites excluding steroid dienone is 2. The van der Waals surface area contributed by atoms with Crippen molar-refractivity contribution in [2.75, 3.05) is 6.26 Å². The van der Waals surface area contributed by atoms with Crippen molar-refractivity contribution in [3.8, 4) is 0 Å². The lowest BCUT2D eigenvalue weighted by Gasteiger charge is -2.70. The van der Waals surface area contributed by atoms with Gasteiger partial charge in [-0.05, 0) is 104 Å². The van der Waals surface area contributed by atoms with Crippen molar-refractivity contribution in [3.05, 3.63) is 11.6 Å². The molecule has 8 heteroatoms. The predicted molar refractivity (Wildman–Crippen MR) is 152 cm³/mol. The highest BCUT2D eigenvalue weighted by Crippen LogP contribution is 2.74. The number of hydrogen-bond acceptors (Lipinski definition) is 5. The van der Waals surface area contributed by atoms with Crippen LogP contribution in [0.2, 0.25) is 0 Å². The molecule has 0 aromatic rings. The van der Waals surface area contributed by atoms with E-state index >= 15 is 0 Å². The summed E-state index contributed by atoms with van der Waals surface area (Å²) < 4.78 is 33.1. The van der Waals surface area contributed by atoms with E-state index in [4.69, 9.17) is 10.5 Å². The zero-order valence-electron chi connectivity index (χ0n) is 25.3. The van der Waals surface area contributed by atoms with Crippen LogP contribution in [0, 0.1) is 44.8 Å². The first-order valence-corrected chi connectivity index (χ1v) is 16.8. The molecule has 0 spiro atoms. The number of rotatable bonds is 3. The molecular weight excluding hydrogens is 512 g/mol. The Morgan fingerprint density at radius 3 is 2.23 bits per heavy atom. The Kier molecular flexibility index (Phi) is 6.38. The fourth-order valence-corrected chi connectivity index (χ4v) is 12.1. The first kappa shape index (κ1) is 29.1. The fraction of sp³-hybridized carbons (Fsp3) is 0.871. The van der Waals surface area contributed by atoms with E-state index in [1.165, 1.54) is 11.8 Å². The quantitative estimate of drug-likeness (QED) is 0.456. The zero-order valence-corrected chi connectivity index (χ0v) is 26.1. The molecule has 0 saturated heterocycles. The molecule has 39 heavy (non-hydrogen) atoms. The molecule has 1 amide bonds. The molecule has 4 saturated carbocycles. The van der Waals surface area contributed by atoms with Crippen LogP contribution in [-0.4, -0.2) is 38.2 Å². The molecule has 5 aliphatic rings. The summed E-state index contributed by atoms with van der Waals surface area (Å²) in [5, 5.41) is 0. The van der Waals surface area contributed by atoms with Crippen LogP contribution in [-0.2, 0) is 19.6 Å². The van der Waals surface area contributed by atoms with Gasteiger partial charge in [0.05, 0.1) is 6.26 Å². The van der Waals surface area contributed by atoms with Crippen LogP contribution < -0.4 is 10.5 Å². The molecule has 5 rings (SSSR count). The van der Waals surface area contributed by atoms with E-state index < -0.39 is 21.7 Å². The molecule has 9 atom stereocenters. The minimum Gasteiger partial charge on any atom is -0.446 e. The fourth-order valence-electron chi connectivity index (χ4n) is 11.0. The van der Waals surface area contributed by atoms with Gasteiger partial charge in [0, 0.05) is 16.9 Å². The van der Waals surface area contributed by atoms with Gasteiger partial charge in [0.15, 0.2) is 5.78 Å². The van der Waals surface area contributed by atoms with Gasteiger partial charge in [-0.2, -0.15) is 0 Å². The van der Waals surface area contributed by atoms with Crippen LogP contribution in [0.4, 0.5) is 4.79 Å². The summed E-state index contributed by atoms with van der Waals surface area (Å²) >= 11 is 0. The van der Waals surface area contributed by atoms with Gasteiger partial charge < -0.3 is 10.5 Å². The van der Waals surface area contributed by atoms with Crippen LogP contribution in [0.1, 0.15) is 106 Å². The van der Waals surface area contributed by atoms with Crippen LogP contribution in [0.15, 0.2) is 11.6 Å². The van der Waals surface area contributed by atoms with Crippen molar-refractivity contribution in [2.45, 2.75) is 118 Å². The Bertz CT molecular complexity index is 1230. The highest BCUT2D eigenvalue weighted by Gasteiger charge is 2.70. The number of carbonyl (C=O) groups excluding carboxylic acids is 2. The maximum Gasteiger partial charge on any atom is 0.404 e. The summed E-state index contributed by atoms with van der Waals surface area (Å²) in [6.45, 7) is 15.9. The maximum absolute atomic E-state index is 14.4. The Hall–Kier alpha value is -1.41. The zero-order chi connectivity index (χ0) is 29.0. The van der Waals surface area contributed by atoms with Gasteiger partial charge in [0.2, 0.25) is 10.0 Å². The third-order valence-electron chi connectivity index (χ3n) is 13.2. The van der Waals surface area contributed by atoms with Crippen molar-refractivity contribution in [2.24, 2.45) is 50.6 Å². The van der Waals surface area contributed by atoms with Crippen molar-refractivity contribution >= 4 is 21.9 Å². The largest absolute Gasteiger partial charge is 0.446 e. The van der Waals surface area contributed by atoms with Gasteiger partial charge in [-0.15, -0.1) is 0 Å². The molecule has 0 aliphatic heterocycles. The van der Waals surface area contributed by atoms with Crippen LogP contribution in [0.3, 0.4) is 0 Å². The molecule has 0 bridgehead atoms. The lowest BCUT2D eigenvalue weighted by Crippen LogP contribution is -2.67. The third kappa shape index (κ3) is 4.16. The molecule has 0 aromatic heterocycles. The van der Waals surface area contributed by atoms with E-state index in [9.17, 15) is 18.0 Å². The Morgan fingerprint density at radius 1 is 0.974 bits per heavy atom. The van der Waals surface area contributed by atoms with Gasteiger partial charge in [-0.25, -0.2) is 17.9 Å². The standard InChI is InChI=1S/C31H50N2O5S/c1-26(2)22-9-12-31(7)24(29(22,5)11-10-23(26)38-25(32)35)21(34)17-19-20-18-28(4,33-39(8,36)37)15-13-27(20,3)14-16-30(19,31)6/h17,20,22-24,33H,9-16,18H2,1-8H3,(H2,32,35)/t20-,22-,23-,24+,27+,28-,29-,30+,31+/m0/s1. The minimum absolute atomic E-state index is 0.0702. The third-order valence-corrected chi connectivity index (χ3v) is 14.1. The Labute approximate surface area is 235 Å². The SMILES string of the molecule is CC1(C)[C@@H](OC(N)=O)CC[C@]2(C)[C@H]3C(=O)C=C4[C@@H]5C[C@@](C)(NS(C)(=O)=O)CC[C@]5(C)CC[C@@]4(C)[C@]3(C)CC[C@@H]12. The van der Waals surface area contributed by atoms with E-state index in [1.807, 2.05) is 13.0 Å². The average Bonchev–Trinajstić information content (AvgIpc) is 2.77. The Balaban J connectivity index is 1.56. The molecule has 3 N–H and O–H groups in total. The van der Waals surface area contributed by atoms with Crippen LogP contribution in [0.5, 0.6) is 0 Å². The second-order valence-corrected chi connectivity index (χ2v) is 17.7. The summed E-state index contributed by atoms with van der Waals surface area (Å²) in [6.07, 6.45) is 10.4. The number of ether oxygens (including phenoxy) is 1. The van der Waals surface area contributed by atoms with Crippen molar-refractivity contribution in [1.29, 1.82) is 0 Å². The molecule has 0 radical (unpaired) electrons. The summed E-state index contributed by atoms with van der Waals surface area (Å²) in [5.41, 5.74) is 5.48. The second-order valence-electron chi connectivity index (χ2n) is 15.9. The van der Waals surface area contributed by atoms with Crippen molar-refractivity contribution in [1.82, 2.24) is 4.72 Å². The van der Waals surface area contributed by atoms with Gasteiger partial charge in [-0.1, -0.05) is 47.1 Å². The highest BCUT2D eigenvalue weighted by molar-refractivity contribution is 7.88. The first-order chi connectivity index (χ1) is 17.7. The molecule has 0 heterocycles. The van der Waals surface area contributed by atoms with Gasteiger partial charge >= 0.3 is 6.09 Å². The highest BCUT2D eigenvalue weighted by atomic mass is 32.2. The molecule has 4 fully saturated rings. The van der Waals surface area contributed by atoms with Crippen molar-refractivity contribution in [3.63, 3.8) is 0 Å². The maximum atomic E-state index is 14.4. The molecule has 7 nitrogen and oxygen atoms in total. The lowest BCUT2D eigenvalue weighted by atomic mass is 9.33. The lowest BCUT2D eigenvalue weighted by molar-refractivity contribution is -0.201. The van der Waals surface area contributed by atoms with E-state index in [0.29, 0.717) is 6.42 Å². The van der Waals surface area contributed by atoms with Gasteiger partial charge in [0.25, 0.3) is 0 Å². The number of hydrogen-bond donors (Lipinski definition) is 2. The van der Waals surface area contributed by atoms with E-state index in [2.05, 4.69) is 46.3 Å². The second kappa shape index (κ2) is 8.56. The summed E-state index contributed by atoms with van der Waals surface area (Å²) in [7, 11) is -3.35.